The first-order valence-electron chi connectivity index (χ1n) is 5.86. The van der Waals surface area contributed by atoms with Gasteiger partial charge in [-0.2, -0.15) is 0 Å². The Labute approximate surface area is 88.1 Å². The van der Waals surface area contributed by atoms with Crippen LogP contribution in [0.3, 0.4) is 0 Å². The Balaban J connectivity index is 2.13. The first-order chi connectivity index (χ1) is 6.43. The van der Waals surface area contributed by atoms with Crippen LogP contribution in [0.25, 0.3) is 0 Å². The van der Waals surface area contributed by atoms with Gasteiger partial charge in [-0.1, -0.05) is 20.8 Å². The molecule has 1 aliphatic carbocycles. The topological polar surface area (TPSA) is 32.3 Å². The Morgan fingerprint density at radius 2 is 1.93 bits per heavy atom. The normalized spacial score (nSPS) is 23.6. The van der Waals surface area contributed by atoms with Crippen LogP contribution in [0.2, 0.25) is 0 Å². The standard InChI is InChI=1S/C12H25NO/c1-9(2)12(4,14)8-13-7-10(3)11-5-6-11/h9-11,13-14H,5-8H2,1-4H3. The molecule has 2 atom stereocenters. The van der Waals surface area contributed by atoms with Gasteiger partial charge in [0.25, 0.3) is 0 Å². The Morgan fingerprint density at radius 1 is 1.36 bits per heavy atom. The quantitative estimate of drug-likeness (QED) is 0.686. The summed E-state index contributed by atoms with van der Waals surface area (Å²) in [6.07, 6.45) is 2.81. The van der Waals surface area contributed by atoms with Gasteiger partial charge in [-0.05, 0) is 44.1 Å². The molecule has 0 bridgehead atoms. The summed E-state index contributed by atoms with van der Waals surface area (Å²) in [5, 5.41) is 13.4. The maximum absolute atomic E-state index is 10.00. The molecule has 84 valence electrons. The molecule has 0 aromatic heterocycles. The fourth-order valence-corrected chi connectivity index (χ4v) is 1.59. The molecule has 14 heavy (non-hydrogen) atoms. The summed E-state index contributed by atoms with van der Waals surface area (Å²) in [6, 6.07) is 0. The van der Waals surface area contributed by atoms with Gasteiger partial charge in [0.1, 0.15) is 0 Å². The predicted molar refractivity (Wildman–Crippen MR) is 60.2 cm³/mol. The van der Waals surface area contributed by atoms with E-state index in [9.17, 15) is 5.11 Å². The third-order valence-electron chi connectivity index (χ3n) is 3.62. The van der Waals surface area contributed by atoms with Crippen LogP contribution in [-0.2, 0) is 0 Å². The fourth-order valence-electron chi connectivity index (χ4n) is 1.59. The summed E-state index contributed by atoms with van der Waals surface area (Å²) >= 11 is 0. The minimum atomic E-state index is -0.566. The molecule has 0 aliphatic heterocycles. The fraction of sp³-hybridized carbons (Fsp3) is 1.00. The number of hydrogen-bond donors (Lipinski definition) is 2. The molecule has 2 N–H and O–H groups in total. The highest BCUT2D eigenvalue weighted by atomic mass is 16.3. The minimum absolute atomic E-state index is 0.311. The number of aliphatic hydroxyl groups is 1. The zero-order valence-electron chi connectivity index (χ0n) is 10.0. The zero-order valence-corrected chi connectivity index (χ0v) is 10.0. The summed E-state index contributed by atoms with van der Waals surface area (Å²) in [7, 11) is 0. The zero-order chi connectivity index (χ0) is 10.8. The van der Waals surface area contributed by atoms with Crippen molar-refractivity contribution in [3.63, 3.8) is 0 Å². The highest BCUT2D eigenvalue weighted by Crippen LogP contribution is 2.36. The van der Waals surface area contributed by atoms with Gasteiger partial charge in [0.15, 0.2) is 0 Å². The van der Waals surface area contributed by atoms with Gasteiger partial charge in [0.05, 0.1) is 5.60 Å². The molecule has 0 saturated heterocycles. The van der Waals surface area contributed by atoms with Gasteiger partial charge in [-0.15, -0.1) is 0 Å². The second-order valence-corrected chi connectivity index (χ2v) is 5.46. The van der Waals surface area contributed by atoms with Crippen LogP contribution in [-0.4, -0.2) is 23.8 Å². The lowest BCUT2D eigenvalue weighted by molar-refractivity contribution is 0.0135. The molecule has 0 aromatic rings. The van der Waals surface area contributed by atoms with E-state index in [1.807, 2.05) is 6.92 Å². The third-order valence-corrected chi connectivity index (χ3v) is 3.62. The van der Waals surface area contributed by atoms with Crippen molar-refractivity contribution in [2.45, 2.75) is 46.1 Å². The lowest BCUT2D eigenvalue weighted by Crippen LogP contribution is -2.43. The van der Waals surface area contributed by atoms with Gasteiger partial charge >= 0.3 is 0 Å². The monoisotopic (exact) mass is 199 g/mol. The Kier molecular flexibility index (Phi) is 3.96. The third kappa shape index (κ3) is 3.58. The highest BCUT2D eigenvalue weighted by molar-refractivity contribution is 4.83. The van der Waals surface area contributed by atoms with Gasteiger partial charge in [-0.25, -0.2) is 0 Å². The highest BCUT2D eigenvalue weighted by Gasteiger charge is 2.29. The second kappa shape index (κ2) is 4.63. The van der Waals surface area contributed by atoms with Crippen LogP contribution in [0, 0.1) is 17.8 Å². The summed E-state index contributed by atoms with van der Waals surface area (Å²) in [5.41, 5.74) is -0.566. The predicted octanol–water partition coefficient (Wildman–Crippen LogP) is 2.03. The van der Waals surface area contributed by atoms with E-state index in [0.717, 1.165) is 18.4 Å². The molecule has 1 aliphatic rings. The van der Waals surface area contributed by atoms with E-state index in [2.05, 4.69) is 26.1 Å². The van der Waals surface area contributed by atoms with Crippen molar-refractivity contribution in [3.8, 4) is 0 Å². The smallest absolute Gasteiger partial charge is 0.0766 e. The van der Waals surface area contributed by atoms with Crippen molar-refractivity contribution in [1.82, 2.24) is 5.32 Å². The molecule has 1 rings (SSSR count). The maximum atomic E-state index is 10.00. The van der Waals surface area contributed by atoms with Crippen LogP contribution in [0.4, 0.5) is 0 Å². The molecule has 0 heterocycles. The summed E-state index contributed by atoms with van der Waals surface area (Å²) < 4.78 is 0. The SMILES string of the molecule is CC(CNCC(C)(O)C(C)C)C1CC1. The lowest BCUT2D eigenvalue weighted by atomic mass is 9.92. The molecule has 2 heteroatoms. The average molecular weight is 199 g/mol. The molecular formula is C12H25NO. The molecule has 0 spiro atoms. The van der Waals surface area contributed by atoms with Gasteiger partial charge < -0.3 is 10.4 Å². The minimum Gasteiger partial charge on any atom is -0.389 e. The van der Waals surface area contributed by atoms with E-state index in [1.54, 1.807) is 0 Å². The summed E-state index contributed by atoms with van der Waals surface area (Å²) in [6.45, 7) is 10.1. The largest absolute Gasteiger partial charge is 0.389 e. The Morgan fingerprint density at radius 3 is 2.36 bits per heavy atom. The number of hydrogen-bond acceptors (Lipinski definition) is 2. The van der Waals surface area contributed by atoms with Gasteiger partial charge in [-0.3, -0.25) is 0 Å². The van der Waals surface area contributed by atoms with Crippen molar-refractivity contribution >= 4 is 0 Å². The average Bonchev–Trinajstić information content (AvgIpc) is 2.85. The first kappa shape index (κ1) is 12.0. The Bertz CT molecular complexity index is 173. The van der Waals surface area contributed by atoms with E-state index in [4.69, 9.17) is 0 Å². The molecule has 2 nitrogen and oxygen atoms in total. The van der Waals surface area contributed by atoms with Crippen molar-refractivity contribution in [2.75, 3.05) is 13.1 Å². The second-order valence-electron chi connectivity index (χ2n) is 5.46. The van der Waals surface area contributed by atoms with E-state index in [-0.39, 0.29) is 0 Å². The molecule has 1 fully saturated rings. The van der Waals surface area contributed by atoms with Gasteiger partial charge in [0, 0.05) is 6.54 Å². The number of rotatable bonds is 6. The van der Waals surface area contributed by atoms with Crippen LogP contribution >= 0.6 is 0 Å². The summed E-state index contributed by atoms with van der Waals surface area (Å²) in [4.78, 5) is 0. The summed E-state index contributed by atoms with van der Waals surface area (Å²) in [5.74, 6) is 2.04. The van der Waals surface area contributed by atoms with Crippen LogP contribution in [0.1, 0.15) is 40.5 Å². The molecule has 2 unspecified atom stereocenters. The Hall–Kier alpha value is -0.0800. The molecule has 0 aromatic carbocycles. The molecule has 0 radical (unpaired) electrons. The number of nitrogens with one attached hydrogen (secondary N) is 1. The van der Waals surface area contributed by atoms with E-state index < -0.39 is 5.60 Å². The van der Waals surface area contributed by atoms with Crippen molar-refractivity contribution in [1.29, 1.82) is 0 Å². The van der Waals surface area contributed by atoms with E-state index in [1.165, 1.54) is 12.8 Å². The van der Waals surface area contributed by atoms with Crippen molar-refractivity contribution < 1.29 is 5.11 Å². The van der Waals surface area contributed by atoms with E-state index >= 15 is 0 Å². The maximum Gasteiger partial charge on any atom is 0.0766 e. The van der Waals surface area contributed by atoms with Gasteiger partial charge in [0.2, 0.25) is 0 Å². The van der Waals surface area contributed by atoms with Crippen molar-refractivity contribution in [2.24, 2.45) is 17.8 Å². The lowest BCUT2D eigenvalue weighted by Gasteiger charge is -2.28. The molecule has 0 amide bonds. The van der Waals surface area contributed by atoms with Crippen LogP contribution in [0.15, 0.2) is 0 Å². The first-order valence-corrected chi connectivity index (χ1v) is 5.86. The van der Waals surface area contributed by atoms with Crippen LogP contribution in [0.5, 0.6) is 0 Å². The molecule has 1 saturated carbocycles. The van der Waals surface area contributed by atoms with Crippen molar-refractivity contribution in [3.05, 3.63) is 0 Å². The van der Waals surface area contributed by atoms with Crippen LogP contribution < -0.4 is 5.32 Å². The van der Waals surface area contributed by atoms with E-state index in [0.29, 0.717) is 12.5 Å². The molecular weight excluding hydrogens is 174 g/mol.